The van der Waals surface area contributed by atoms with E-state index in [0.29, 0.717) is 12.0 Å². The van der Waals surface area contributed by atoms with Gasteiger partial charge in [0.1, 0.15) is 0 Å². The number of likely N-dealkylation sites (tertiary alicyclic amines) is 1. The molecule has 1 fully saturated rings. The highest BCUT2D eigenvalue weighted by molar-refractivity contribution is 8.16. The van der Waals surface area contributed by atoms with E-state index in [0.717, 1.165) is 60.2 Å². The lowest BCUT2D eigenvalue weighted by molar-refractivity contribution is -0.136. The molecule has 3 aliphatic rings. The molecule has 0 aliphatic carbocycles. The molecule has 7 nitrogen and oxygen atoms in total. The third-order valence-corrected chi connectivity index (χ3v) is 8.42. The maximum Gasteiger partial charge on any atom is 0.338 e. The highest BCUT2D eigenvalue weighted by Gasteiger charge is 2.41. The number of aryl methyl sites for hydroxylation is 1. The van der Waals surface area contributed by atoms with Crippen LogP contribution in [0.15, 0.2) is 82.0 Å². The summed E-state index contributed by atoms with van der Waals surface area (Å²) in [6.45, 7) is 6.90. The van der Waals surface area contributed by atoms with Gasteiger partial charge in [-0.2, -0.15) is 0 Å². The minimum atomic E-state index is -0.393. The van der Waals surface area contributed by atoms with Crippen LogP contribution < -0.4 is 5.32 Å². The minimum absolute atomic E-state index is 0.00233. The lowest BCUT2D eigenvalue weighted by Gasteiger charge is -2.37. The maximum absolute atomic E-state index is 13.3. The van der Waals surface area contributed by atoms with Gasteiger partial charge >= 0.3 is 5.97 Å². The number of amidine groups is 1. The van der Waals surface area contributed by atoms with Crippen molar-refractivity contribution in [3.8, 4) is 0 Å². The number of piperidine rings is 1. The number of hydrogen-bond donors (Lipinski definition) is 1. The molecule has 3 heterocycles. The highest BCUT2D eigenvalue weighted by Crippen LogP contribution is 2.45. The molecule has 0 radical (unpaired) electrons. The molecule has 0 bridgehead atoms. The van der Waals surface area contributed by atoms with Gasteiger partial charge in [0.05, 0.1) is 30.8 Å². The van der Waals surface area contributed by atoms with E-state index in [-0.39, 0.29) is 24.3 Å². The number of nitrogens with one attached hydrogen (secondary N) is 1. The molecule has 2 aromatic rings. The van der Waals surface area contributed by atoms with Crippen molar-refractivity contribution in [3.63, 3.8) is 0 Å². The standard InChI is InChI=1S/C31H36N4O3S/c1-4-26-28(30(37)38-3)29(23-12-8-9-21(2)17-23)35-25(20-39-31(35)33-26)18-27(36)32-24-13-15-34(16-14-24)19-22-10-6-5-7-11-22/h5-12,17,20,24,29H,4,13-16,18-19H2,1-3H3,(H,32,36). The van der Waals surface area contributed by atoms with Crippen LogP contribution >= 0.6 is 11.8 Å². The number of carbonyl (C=O) groups is 2. The Kier molecular flexibility index (Phi) is 8.53. The molecular weight excluding hydrogens is 508 g/mol. The van der Waals surface area contributed by atoms with Gasteiger partial charge in [0, 0.05) is 31.4 Å². The van der Waals surface area contributed by atoms with Crippen LogP contribution in [0.1, 0.15) is 55.3 Å². The first kappa shape index (κ1) is 27.2. The Morgan fingerprint density at radius 3 is 2.56 bits per heavy atom. The van der Waals surface area contributed by atoms with Crippen molar-refractivity contribution in [1.29, 1.82) is 0 Å². The number of allylic oxidation sites excluding steroid dienone is 1. The number of thioether (sulfide) groups is 1. The van der Waals surface area contributed by atoms with E-state index < -0.39 is 6.04 Å². The summed E-state index contributed by atoms with van der Waals surface area (Å²) in [6.07, 6.45) is 2.71. The van der Waals surface area contributed by atoms with E-state index in [1.54, 1.807) is 0 Å². The molecule has 1 atom stereocenters. The first-order valence-electron chi connectivity index (χ1n) is 13.6. The van der Waals surface area contributed by atoms with Crippen LogP contribution in [0.25, 0.3) is 0 Å². The van der Waals surface area contributed by atoms with Gasteiger partial charge in [-0.3, -0.25) is 9.69 Å². The molecule has 39 heavy (non-hydrogen) atoms. The minimum Gasteiger partial charge on any atom is -0.466 e. The SMILES string of the molecule is CCC1=C(C(=O)OC)C(c2cccc(C)c2)N2C(CC(=O)NC3CCN(Cc4ccccc4)CC3)=CSC2=N1. The van der Waals surface area contributed by atoms with E-state index in [9.17, 15) is 9.59 Å². The van der Waals surface area contributed by atoms with Crippen molar-refractivity contribution < 1.29 is 14.3 Å². The second-order valence-electron chi connectivity index (χ2n) is 10.3. The van der Waals surface area contributed by atoms with Gasteiger partial charge in [-0.1, -0.05) is 78.8 Å². The summed E-state index contributed by atoms with van der Waals surface area (Å²) in [7, 11) is 1.41. The van der Waals surface area contributed by atoms with Gasteiger partial charge in [-0.05, 0) is 42.7 Å². The van der Waals surface area contributed by atoms with Crippen LogP contribution in [0.2, 0.25) is 0 Å². The van der Waals surface area contributed by atoms with Crippen LogP contribution in [-0.2, 0) is 20.9 Å². The first-order valence-corrected chi connectivity index (χ1v) is 14.5. The molecule has 1 saturated heterocycles. The summed E-state index contributed by atoms with van der Waals surface area (Å²) in [4.78, 5) is 35.6. The number of rotatable bonds is 8. The van der Waals surface area contributed by atoms with Crippen LogP contribution in [0.4, 0.5) is 0 Å². The summed E-state index contributed by atoms with van der Waals surface area (Å²) in [5.41, 5.74) is 5.52. The van der Waals surface area contributed by atoms with Crippen molar-refractivity contribution in [1.82, 2.24) is 15.1 Å². The summed E-state index contributed by atoms with van der Waals surface area (Å²) in [5, 5.41) is 6.06. The lowest BCUT2D eigenvalue weighted by atomic mass is 9.92. The van der Waals surface area contributed by atoms with Crippen molar-refractivity contribution in [2.24, 2.45) is 4.99 Å². The molecule has 0 saturated carbocycles. The van der Waals surface area contributed by atoms with E-state index in [1.165, 1.54) is 24.4 Å². The van der Waals surface area contributed by atoms with Gasteiger partial charge in [-0.15, -0.1) is 0 Å². The Balaban J connectivity index is 1.28. The molecule has 8 heteroatoms. The Bertz CT molecular complexity index is 1310. The molecular formula is C31H36N4O3S. The molecule has 2 aromatic carbocycles. The number of methoxy groups -OCH3 is 1. The molecule has 5 rings (SSSR count). The van der Waals surface area contributed by atoms with Crippen LogP contribution in [0.3, 0.4) is 0 Å². The lowest BCUT2D eigenvalue weighted by Crippen LogP contribution is -2.45. The number of fused-ring (bicyclic) bond motifs is 1. The van der Waals surface area contributed by atoms with Crippen molar-refractivity contribution in [2.75, 3.05) is 20.2 Å². The van der Waals surface area contributed by atoms with Crippen LogP contribution in [0, 0.1) is 6.92 Å². The van der Waals surface area contributed by atoms with Crippen molar-refractivity contribution in [2.45, 2.75) is 58.2 Å². The average molecular weight is 545 g/mol. The summed E-state index contributed by atoms with van der Waals surface area (Å²) < 4.78 is 5.21. The molecule has 0 aromatic heterocycles. The van der Waals surface area contributed by atoms with Gasteiger partial charge in [0.15, 0.2) is 5.17 Å². The molecule has 204 valence electrons. The zero-order valence-electron chi connectivity index (χ0n) is 22.9. The molecule has 1 amide bonds. The largest absolute Gasteiger partial charge is 0.466 e. The Labute approximate surface area is 235 Å². The maximum atomic E-state index is 13.3. The van der Waals surface area contributed by atoms with Crippen molar-refractivity contribution >= 4 is 28.8 Å². The number of nitrogens with zero attached hydrogens (tertiary/aromatic N) is 3. The Morgan fingerprint density at radius 2 is 1.87 bits per heavy atom. The second kappa shape index (κ2) is 12.2. The number of ether oxygens (including phenoxy) is 1. The summed E-state index contributed by atoms with van der Waals surface area (Å²) in [5.74, 6) is -0.387. The van der Waals surface area contributed by atoms with E-state index >= 15 is 0 Å². The van der Waals surface area contributed by atoms with Crippen LogP contribution in [-0.4, -0.2) is 53.1 Å². The number of esters is 1. The monoisotopic (exact) mass is 544 g/mol. The van der Waals surface area contributed by atoms with Gasteiger partial charge in [0.25, 0.3) is 0 Å². The Morgan fingerprint density at radius 1 is 1.10 bits per heavy atom. The normalized spacial score (nSPS) is 19.9. The fourth-order valence-corrected chi connectivity index (χ4v) is 6.53. The van der Waals surface area contributed by atoms with Gasteiger partial charge in [-0.25, -0.2) is 9.79 Å². The van der Waals surface area contributed by atoms with E-state index in [2.05, 4.69) is 40.5 Å². The number of benzene rings is 2. The fourth-order valence-electron chi connectivity index (χ4n) is 5.59. The highest BCUT2D eigenvalue weighted by atomic mass is 32.2. The molecule has 1 N–H and O–H groups in total. The zero-order chi connectivity index (χ0) is 27.4. The van der Waals surface area contributed by atoms with Crippen LogP contribution in [0.5, 0.6) is 0 Å². The number of aliphatic imine (C=N–C) groups is 1. The van der Waals surface area contributed by atoms with E-state index in [4.69, 9.17) is 9.73 Å². The topological polar surface area (TPSA) is 74.2 Å². The molecule has 1 unspecified atom stereocenters. The van der Waals surface area contributed by atoms with E-state index in [1.807, 2.05) is 48.4 Å². The zero-order valence-corrected chi connectivity index (χ0v) is 23.7. The van der Waals surface area contributed by atoms with Crippen molar-refractivity contribution in [3.05, 3.63) is 93.7 Å². The quantitative estimate of drug-likeness (QED) is 0.455. The summed E-state index contributed by atoms with van der Waals surface area (Å²) >= 11 is 1.51. The number of hydrogen-bond acceptors (Lipinski definition) is 7. The third kappa shape index (κ3) is 6.12. The molecule has 3 aliphatic heterocycles. The fraction of sp³-hybridized carbons (Fsp3) is 0.387. The smallest absolute Gasteiger partial charge is 0.338 e. The average Bonchev–Trinajstić information content (AvgIpc) is 3.35. The predicted molar refractivity (Wildman–Crippen MR) is 156 cm³/mol. The van der Waals surface area contributed by atoms with Gasteiger partial charge < -0.3 is 15.0 Å². The Hall–Kier alpha value is -3.36. The summed E-state index contributed by atoms with van der Waals surface area (Å²) in [6, 6.07) is 18.4. The number of carbonyl (C=O) groups excluding carboxylic acids is 2. The first-order chi connectivity index (χ1) is 19.0. The molecule has 0 spiro atoms. The van der Waals surface area contributed by atoms with Gasteiger partial charge in [0.2, 0.25) is 5.91 Å². The predicted octanol–water partition coefficient (Wildman–Crippen LogP) is 5.30. The third-order valence-electron chi connectivity index (χ3n) is 7.53. The second-order valence-corrected chi connectivity index (χ2v) is 11.1. The number of amides is 1.